The van der Waals surface area contributed by atoms with E-state index in [1.165, 1.54) is 38.9 Å². The van der Waals surface area contributed by atoms with Gasteiger partial charge in [0.05, 0.1) is 22.4 Å². The molecule has 12 aromatic rings. The molecule has 0 fully saturated rings. The molecule has 337 valence electrons. The van der Waals surface area contributed by atoms with E-state index in [4.69, 9.17) is 13.8 Å². The van der Waals surface area contributed by atoms with E-state index in [9.17, 15) is 0 Å². The predicted molar refractivity (Wildman–Crippen MR) is 278 cm³/mol. The van der Waals surface area contributed by atoms with E-state index >= 15 is 0 Å². The molecule has 68 heavy (non-hydrogen) atoms. The molecule has 0 aliphatic carbocycles. The van der Waals surface area contributed by atoms with Gasteiger partial charge in [-0.05, 0) is 92.5 Å². The summed E-state index contributed by atoms with van der Waals surface area (Å²) in [5.41, 5.74) is 15.6. The molecule has 5 nitrogen and oxygen atoms in total. The van der Waals surface area contributed by atoms with Crippen LogP contribution in [0.15, 0.2) is 179 Å². The molecule has 0 spiro atoms. The van der Waals surface area contributed by atoms with Crippen molar-refractivity contribution in [2.24, 2.45) is 0 Å². The van der Waals surface area contributed by atoms with Crippen LogP contribution in [0.4, 0.5) is 0 Å². The fourth-order valence-electron chi connectivity index (χ4n) is 9.59. The number of rotatable bonds is 6. The van der Waals surface area contributed by atoms with Gasteiger partial charge in [-0.3, -0.25) is 4.98 Å². The van der Waals surface area contributed by atoms with Crippen LogP contribution in [0.5, 0.6) is 0 Å². The summed E-state index contributed by atoms with van der Waals surface area (Å²) in [5.74, 6) is 1.30. The van der Waals surface area contributed by atoms with Crippen LogP contribution in [0.3, 0.4) is 0 Å². The fourth-order valence-corrected chi connectivity index (χ4v) is 9.59. The molecule has 0 saturated heterocycles. The molecule has 0 amide bonds. The van der Waals surface area contributed by atoms with Crippen LogP contribution in [0.2, 0.25) is 0 Å². The van der Waals surface area contributed by atoms with Gasteiger partial charge in [0.2, 0.25) is 0 Å². The molecule has 0 aliphatic rings. The molecule has 0 aliphatic heterocycles. The number of para-hydroxylation sites is 1. The van der Waals surface area contributed by atoms with Crippen LogP contribution in [-0.4, -0.2) is 14.5 Å². The number of hydrogen-bond acceptors (Lipinski definition) is 4. The molecule has 8 aromatic carbocycles. The molecule has 0 saturated carbocycles. The smallest absolute Gasteiger partial charge is 0.177 e. The fraction of sp³-hybridized carbons (Fsp3) is 0.161. The number of benzene rings is 8. The van der Waals surface area contributed by atoms with Gasteiger partial charge in [0.1, 0.15) is 5.58 Å². The molecule has 4 aromatic heterocycles. The molecule has 12 rings (SSSR count). The molecular formula is C62H51IrN3O2-2. The third-order valence-electron chi connectivity index (χ3n) is 13.1. The van der Waals surface area contributed by atoms with E-state index in [1.54, 1.807) is 0 Å². The number of fused-ring (bicyclic) bond motifs is 10. The van der Waals surface area contributed by atoms with E-state index in [1.807, 2.05) is 54.7 Å². The van der Waals surface area contributed by atoms with Crippen molar-refractivity contribution in [3.05, 3.63) is 199 Å². The Morgan fingerprint density at radius 3 is 1.94 bits per heavy atom. The number of imidazole rings is 1. The zero-order valence-electron chi connectivity index (χ0n) is 39.3. The van der Waals surface area contributed by atoms with Crippen molar-refractivity contribution in [3.8, 4) is 39.5 Å². The summed E-state index contributed by atoms with van der Waals surface area (Å²) < 4.78 is 15.8. The zero-order chi connectivity index (χ0) is 46.0. The average molecular weight is 1060 g/mol. The molecule has 0 atom stereocenters. The molecule has 6 heteroatoms. The van der Waals surface area contributed by atoms with Crippen LogP contribution in [-0.2, 0) is 25.5 Å². The molecule has 0 N–H and O–H groups in total. The van der Waals surface area contributed by atoms with E-state index in [0.717, 1.165) is 82.9 Å². The van der Waals surface area contributed by atoms with Gasteiger partial charge in [-0.2, -0.15) is 0 Å². The zero-order valence-corrected chi connectivity index (χ0v) is 41.7. The Balaban J connectivity index is 0.000000270. The maximum atomic E-state index is 6.91. The summed E-state index contributed by atoms with van der Waals surface area (Å²) in [6.45, 7) is 15.8. The number of nitrogens with zero attached hydrogens (tertiary/aromatic N) is 3. The summed E-state index contributed by atoms with van der Waals surface area (Å²) in [6, 6.07) is 63.9. The first kappa shape index (κ1) is 44.7. The Morgan fingerprint density at radius 2 is 1.22 bits per heavy atom. The maximum absolute atomic E-state index is 6.91. The summed E-state index contributed by atoms with van der Waals surface area (Å²) in [5, 5.41) is 6.48. The Hall–Kier alpha value is -7.11. The number of furan rings is 2. The first-order valence-electron chi connectivity index (χ1n) is 23.3. The Kier molecular flexibility index (Phi) is 11.7. The van der Waals surface area contributed by atoms with Gasteiger partial charge in [0.25, 0.3) is 0 Å². The summed E-state index contributed by atoms with van der Waals surface area (Å²) in [4.78, 5) is 9.85. The molecule has 1 radical (unpaired) electrons. The van der Waals surface area contributed by atoms with Crippen LogP contribution in [0, 0.1) is 12.1 Å². The van der Waals surface area contributed by atoms with Gasteiger partial charge in [0, 0.05) is 53.5 Å². The SMILES string of the molecule is CC(C)(C)c1ccnc(-c2[c-]cccc2)c1.CC(C)c1cc(-c2ccccc2)cc(C(C)C)c1-n1c(-c2[c-]ccc3c2oc2c3ccc3c4ccccc4oc32)nc2ccc3ccccc3c21.[Ir]. The molecule has 0 unspecified atom stereocenters. The van der Waals surface area contributed by atoms with Crippen LogP contribution in [0.25, 0.3) is 105 Å². The van der Waals surface area contributed by atoms with Crippen molar-refractivity contribution in [1.29, 1.82) is 0 Å². The van der Waals surface area contributed by atoms with Gasteiger partial charge in [-0.15, -0.1) is 54.1 Å². The summed E-state index contributed by atoms with van der Waals surface area (Å²) in [7, 11) is 0. The van der Waals surface area contributed by atoms with E-state index < -0.39 is 0 Å². The van der Waals surface area contributed by atoms with Crippen molar-refractivity contribution in [2.75, 3.05) is 0 Å². The van der Waals surface area contributed by atoms with Crippen molar-refractivity contribution >= 4 is 65.7 Å². The third-order valence-corrected chi connectivity index (χ3v) is 13.1. The van der Waals surface area contributed by atoms with Gasteiger partial charge in [-0.1, -0.05) is 150 Å². The minimum atomic E-state index is 0. The van der Waals surface area contributed by atoms with Crippen LogP contribution in [0.1, 0.15) is 77.0 Å². The van der Waals surface area contributed by atoms with Crippen molar-refractivity contribution < 1.29 is 28.9 Å². The minimum Gasteiger partial charge on any atom is -0.497 e. The summed E-state index contributed by atoms with van der Waals surface area (Å²) in [6.07, 6.45) is 1.87. The third kappa shape index (κ3) is 7.82. The second-order valence-corrected chi connectivity index (χ2v) is 19.2. The quantitative estimate of drug-likeness (QED) is 0.156. The Morgan fingerprint density at radius 1 is 0.559 bits per heavy atom. The second-order valence-electron chi connectivity index (χ2n) is 19.2. The average Bonchev–Trinajstić information content (AvgIpc) is 4.06. The summed E-state index contributed by atoms with van der Waals surface area (Å²) >= 11 is 0. The topological polar surface area (TPSA) is 57.0 Å². The number of hydrogen-bond donors (Lipinski definition) is 0. The van der Waals surface area contributed by atoms with Gasteiger partial charge < -0.3 is 18.4 Å². The van der Waals surface area contributed by atoms with E-state index in [-0.39, 0.29) is 37.4 Å². The van der Waals surface area contributed by atoms with Crippen molar-refractivity contribution in [3.63, 3.8) is 0 Å². The monoisotopic (exact) mass is 1060 g/mol. The van der Waals surface area contributed by atoms with Gasteiger partial charge in [0.15, 0.2) is 11.2 Å². The molecule has 4 heterocycles. The maximum Gasteiger partial charge on any atom is 0.177 e. The van der Waals surface area contributed by atoms with Crippen LogP contribution < -0.4 is 0 Å². The van der Waals surface area contributed by atoms with E-state index in [2.05, 4.69) is 185 Å². The van der Waals surface area contributed by atoms with Crippen molar-refractivity contribution in [2.45, 2.75) is 65.7 Å². The first-order valence-corrected chi connectivity index (χ1v) is 23.3. The normalized spacial score (nSPS) is 11.9. The molecular weight excluding hydrogens is 1010 g/mol. The van der Waals surface area contributed by atoms with Crippen molar-refractivity contribution in [1.82, 2.24) is 14.5 Å². The largest absolute Gasteiger partial charge is 0.497 e. The Labute approximate surface area is 410 Å². The predicted octanol–water partition coefficient (Wildman–Crippen LogP) is 17.2. The second kappa shape index (κ2) is 17.8. The van der Waals surface area contributed by atoms with E-state index in [0.29, 0.717) is 0 Å². The van der Waals surface area contributed by atoms with Gasteiger partial charge in [-0.25, -0.2) is 0 Å². The molecule has 0 bridgehead atoms. The number of aromatic nitrogens is 3. The Bertz CT molecular complexity index is 3770. The first-order chi connectivity index (χ1) is 32.5. The standard InChI is InChI=1S/C47H35N2O2.C15H16N.Ir/c1-27(2)38-25-31(29-13-6-5-7-14-29)26-39(28(3)4)42(38)49-43-32-16-9-8-15-30(32)21-24-40(43)48-47(49)37-19-12-18-34-36-23-22-35-33-17-10-11-20-41(33)50-45(35)46(36)51-44(34)37;1-15(2,3)13-9-10-16-14(11-13)12-7-5-4-6-8-12;/h5-18,20-28H,1-4H3;4-7,9-11H,1-3H3;/q2*-1;. The number of pyridine rings is 1. The van der Waals surface area contributed by atoms with Gasteiger partial charge >= 0.3 is 0 Å². The minimum absolute atomic E-state index is 0. The van der Waals surface area contributed by atoms with Crippen LogP contribution >= 0.6 is 0 Å².